The first-order valence-corrected chi connectivity index (χ1v) is 15.4. The molecule has 0 atom stereocenters. The van der Waals surface area contributed by atoms with Gasteiger partial charge in [-0.3, -0.25) is 0 Å². The van der Waals surface area contributed by atoms with E-state index in [4.69, 9.17) is 9.72 Å². The minimum absolute atomic E-state index is 0. The molecule has 0 saturated carbocycles. The number of aryl methyl sites for hydroxylation is 6. The zero-order valence-corrected chi connectivity index (χ0v) is 29.5. The Balaban J connectivity index is 0.00000372. The summed E-state index contributed by atoms with van der Waals surface area (Å²) in [5.74, 6) is 1.26. The Labute approximate surface area is 286 Å². The van der Waals surface area contributed by atoms with E-state index < -0.39 is 0 Å². The van der Waals surface area contributed by atoms with Crippen LogP contribution in [0.4, 0.5) is 5.69 Å². The van der Waals surface area contributed by atoms with Crippen LogP contribution >= 0.6 is 0 Å². The first-order chi connectivity index (χ1) is 21.7. The van der Waals surface area contributed by atoms with Gasteiger partial charge < -0.3 is 24.0 Å². The fourth-order valence-corrected chi connectivity index (χ4v) is 7.10. The predicted octanol–water partition coefficient (Wildman–Crippen LogP) is 7.43. The molecular weight excluding hydrogens is 746 g/mol. The Kier molecular flexibility index (Phi) is 8.61. The van der Waals surface area contributed by atoms with E-state index in [1.807, 2.05) is 72.4 Å². The van der Waals surface area contributed by atoms with Crippen molar-refractivity contribution in [3.05, 3.63) is 138 Å². The van der Waals surface area contributed by atoms with E-state index >= 15 is 0 Å². The number of fused-ring (bicyclic) bond motifs is 3. The molecule has 1 aliphatic heterocycles. The van der Waals surface area contributed by atoms with Gasteiger partial charge in [0.1, 0.15) is 0 Å². The normalized spacial score (nSPS) is 12.7. The van der Waals surface area contributed by atoms with Gasteiger partial charge in [-0.15, -0.1) is 30.0 Å². The maximum atomic E-state index is 6.38. The number of hydrogen-bond acceptors (Lipinski definition) is 4. The zero-order chi connectivity index (χ0) is 31.4. The molecule has 0 aliphatic carbocycles. The molecule has 0 radical (unpaired) electrons. The summed E-state index contributed by atoms with van der Waals surface area (Å²) in [6.45, 7) is 15.3. The van der Waals surface area contributed by atoms with Crippen LogP contribution in [0, 0.1) is 60.3 Å². The maximum absolute atomic E-state index is 6.38. The second-order valence-corrected chi connectivity index (χ2v) is 12.3. The smallest absolute Gasteiger partial charge is 0.319 e. The van der Waals surface area contributed by atoms with Crippen molar-refractivity contribution >= 4 is 45.4 Å². The molecule has 0 spiro atoms. The van der Waals surface area contributed by atoms with Crippen LogP contribution in [0.1, 0.15) is 33.4 Å². The molecule has 2 aromatic heterocycles. The van der Waals surface area contributed by atoms with Gasteiger partial charge in [0, 0.05) is 49.8 Å². The van der Waals surface area contributed by atoms with Crippen LogP contribution in [0.5, 0.6) is 11.5 Å². The molecule has 7 rings (SSSR count). The largest absolute Gasteiger partial charge is 0.510 e. The van der Waals surface area contributed by atoms with Gasteiger partial charge in [0.05, 0.1) is 0 Å². The molecule has 1 aliphatic rings. The Hall–Kier alpha value is -4.28. The van der Waals surface area contributed by atoms with Gasteiger partial charge in [-0.05, 0) is 84.0 Å². The van der Waals surface area contributed by atoms with Gasteiger partial charge >= 0.3 is 6.85 Å². The van der Waals surface area contributed by atoms with Crippen molar-refractivity contribution in [3.8, 4) is 11.5 Å². The topological polar surface area (TPSA) is 33.5 Å². The van der Waals surface area contributed by atoms with Crippen LogP contribution in [0.15, 0.2) is 85.3 Å². The molecule has 0 N–H and O–H groups in total. The molecule has 3 heterocycles. The van der Waals surface area contributed by atoms with Crippen molar-refractivity contribution in [2.75, 3.05) is 11.9 Å². The molecule has 6 aromatic rings. The van der Waals surface area contributed by atoms with Crippen molar-refractivity contribution < 1.29 is 25.8 Å². The molecule has 0 fully saturated rings. The van der Waals surface area contributed by atoms with E-state index in [0.717, 1.165) is 27.6 Å². The summed E-state index contributed by atoms with van der Waals surface area (Å²) in [4.78, 5) is 8.91. The third kappa shape index (κ3) is 5.64. The number of ether oxygens (including phenoxy) is 1. The second-order valence-electron chi connectivity index (χ2n) is 12.3. The fraction of sp³-hybridized carbons (Fsp3) is 0.179. The van der Waals surface area contributed by atoms with E-state index in [1.165, 1.54) is 44.3 Å². The van der Waals surface area contributed by atoms with Crippen LogP contribution < -0.4 is 20.6 Å². The third-order valence-corrected chi connectivity index (χ3v) is 8.74. The van der Waals surface area contributed by atoms with Crippen molar-refractivity contribution in [2.45, 2.75) is 41.5 Å². The summed E-state index contributed by atoms with van der Waals surface area (Å²) in [5, 5.41) is 0.937. The molecule has 5 nitrogen and oxygen atoms in total. The van der Waals surface area contributed by atoms with E-state index in [9.17, 15) is 0 Å². The van der Waals surface area contributed by atoms with Crippen molar-refractivity contribution in [3.63, 3.8) is 0 Å². The fourth-order valence-electron chi connectivity index (χ4n) is 7.10. The minimum atomic E-state index is -0.0523. The van der Waals surface area contributed by atoms with Crippen molar-refractivity contribution in [1.82, 2.24) is 14.4 Å². The Morgan fingerprint density at radius 2 is 1.35 bits per heavy atom. The molecular formula is C39H36BN4OPt-3. The monoisotopic (exact) mass is 782 g/mol. The van der Waals surface area contributed by atoms with Crippen LogP contribution in [0.3, 0.4) is 0 Å². The average Bonchev–Trinajstić information content (AvgIpc) is 3.56. The molecule has 4 aromatic carbocycles. The van der Waals surface area contributed by atoms with Crippen LogP contribution in [0.25, 0.3) is 21.9 Å². The third-order valence-electron chi connectivity index (χ3n) is 8.74. The van der Waals surface area contributed by atoms with Gasteiger partial charge in [0.15, 0.2) is 0 Å². The number of nitrogens with zero attached hydrogens (tertiary/aromatic N) is 4. The Morgan fingerprint density at radius 3 is 1.96 bits per heavy atom. The number of anilines is 1. The molecule has 46 heavy (non-hydrogen) atoms. The first-order valence-electron chi connectivity index (χ1n) is 15.4. The SMILES string of the molecule is Cc1cc(C)c(B(c2c(C)cc(C)cc2C)n2c3ccc(Oc4[c-]c(N5C=CN(C)[CH-]5)ccc4)[c-]c3c3ncccc32)c(C)c1.[Pt]. The van der Waals surface area contributed by atoms with Crippen LogP contribution in [-0.4, -0.2) is 28.3 Å². The minimum Gasteiger partial charge on any atom is -0.510 e. The standard InChI is InChI=1S/C39H36BN4O.Pt/c1-25-18-27(3)37(28(4)19-25)40(38-29(5)20-26(2)21-30(38)6)44-35-14-13-33(23-34(35)39-36(44)12-9-15-41-39)45-32-11-8-10-31(22-32)43-17-16-42(7)24-43;/h8-21,24H,1-7H3;/q-3;. The van der Waals surface area contributed by atoms with E-state index in [1.54, 1.807) is 0 Å². The Bertz CT molecular complexity index is 2030. The summed E-state index contributed by atoms with van der Waals surface area (Å²) in [7, 11) is 2.00. The van der Waals surface area contributed by atoms with Gasteiger partial charge in [-0.1, -0.05) is 80.7 Å². The average molecular weight is 783 g/mol. The van der Waals surface area contributed by atoms with E-state index in [-0.39, 0.29) is 27.9 Å². The summed E-state index contributed by atoms with van der Waals surface area (Å²) in [6.07, 6.45) is 5.86. The van der Waals surface area contributed by atoms with Gasteiger partial charge in [0.2, 0.25) is 0 Å². The van der Waals surface area contributed by atoms with Crippen molar-refractivity contribution in [2.24, 2.45) is 0 Å². The van der Waals surface area contributed by atoms with Gasteiger partial charge in [-0.2, -0.15) is 12.7 Å². The Morgan fingerprint density at radius 1 is 0.717 bits per heavy atom. The summed E-state index contributed by atoms with van der Waals surface area (Å²) < 4.78 is 8.84. The van der Waals surface area contributed by atoms with E-state index in [0.29, 0.717) is 11.5 Å². The molecule has 0 saturated heterocycles. The summed E-state index contributed by atoms with van der Waals surface area (Å²) in [5.41, 5.74) is 14.3. The molecule has 0 bridgehead atoms. The predicted molar refractivity (Wildman–Crippen MR) is 187 cm³/mol. The number of aromatic nitrogens is 2. The van der Waals surface area contributed by atoms with Gasteiger partial charge in [-0.25, -0.2) is 0 Å². The zero-order valence-electron chi connectivity index (χ0n) is 27.3. The first kappa shape index (κ1) is 31.7. The van der Waals surface area contributed by atoms with Crippen LogP contribution in [-0.2, 0) is 21.1 Å². The molecule has 0 amide bonds. The van der Waals surface area contributed by atoms with Crippen LogP contribution in [0.2, 0.25) is 0 Å². The number of pyridine rings is 1. The number of rotatable bonds is 6. The van der Waals surface area contributed by atoms with Gasteiger partial charge in [0.25, 0.3) is 0 Å². The quantitative estimate of drug-likeness (QED) is 0.130. The van der Waals surface area contributed by atoms with Crippen molar-refractivity contribution in [1.29, 1.82) is 0 Å². The molecule has 7 heteroatoms. The number of benzene rings is 4. The molecule has 234 valence electrons. The summed E-state index contributed by atoms with van der Waals surface area (Å²) in [6, 6.07) is 30.5. The molecule has 0 unspecified atom stereocenters. The maximum Gasteiger partial charge on any atom is 0.319 e. The number of hydrogen-bond donors (Lipinski definition) is 0. The second kappa shape index (κ2) is 12.5. The summed E-state index contributed by atoms with van der Waals surface area (Å²) >= 11 is 0. The van der Waals surface area contributed by atoms with E-state index in [2.05, 4.69) is 94.6 Å².